The van der Waals surface area contributed by atoms with Gasteiger partial charge < -0.3 is 26.0 Å². The van der Waals surface area contributed by atoms with Crippen LogP contribution in [0.25, 0.3) is 0 Å². The molecule has 0 aliphatic heterocycles. The SMILES string of the molecule is NC(CCCCNC(=O)OCc1ccccc1)C(O)O. The summed E-state index contributed by atoms with van der Waals surface area (Å²) in [5.41, 5.74) is 6.39. The lowest BCUT2D eigenvalue weighted by atomic mass is 10.1. The van der Waals surface area contributed by atoms with E-state index in [0.29, 0.717) is 25.8 Å². The van der Waals surface area contributed by atoms with Crippen molar-refractivity contribution in [1.82, 2.24) is 5.32 Å². The third-order valence-electron chi connectivity index (χ3n) is 2.83. The first-order valence-electron chi connectivity index (χ1n) is 6.66. The van der Waals surface area contributed by atoms with E-state index in [1.165, 1.54) is 0 Å². The summed E-state index contributed by atoms with van der Waals surface area (Å²) in [5.74, 6) is 0. The van der Waals surface area contributed by atoms with Gasteiger partial charge in [-0.1, -0.05) is 30.3 Å². The molecule has 1 amide bonds. The molecule has 0 fully saturated rings. The van der Waals surface area contributed by atoms with Gasteiger partial charge in [-0.15, -0.1) is 0 Å². The van der Waals surface area contributed by atoms with Crippen LogP contribution in [0, 0.1) is 0 Å². The van der Waals surface area contributed by atoms with E-state index in [-0.39, 0.29) is 6.61 Å². The standard InChI is InChI=1S/C14H22N2O4/c15-12(13(17)18)8-4-5-9-16-14(19)20-10-11-6-2-1-3-7-11/h1-3,6-7,12-13,17-18H,4-5,8-10,15H2,(H,16,19). The molecule has 20 heavy (non-hydrogen) atoms. The van der Waals surface area contributed by atoms with Crippen LogP contribution in [0.1, 0.15) is 24.8 Å². The van der Waals surface area contributed by atoms with Crippen LogP contribution in [0.15, 0.2) is 30.3 Å². The lowest BCUT2D eigenvalue weighted by molar-refractivity contribution is -0.0599. The van der Waals surface area contributed by atoms with Gasteiger partial charge in [0.15, 0.2) is 6.29 Å². The Labute approximate surface area is 118 Å². The highest BCUT2D eigenvalue weighted by atomic mass is 16.5. The zero-order valence-electron chi connectivity index (χ0n) is 11.4. The van der Waals surface area contributed by atoms with Crippen LogP contribution in [-0.4, -0.2) is 35.2 Å². The predicted molar refractivity (Wildman–Crippen MR) is 74.7 cm³/mol. The number of carbonyl (C=O) groups is 1. The first-order chi connectivity index (χ1) is 9.59. The molecule has 0 saturated heterocycles. The zero-order valence-corrected chi connectivity index (χ0v) is 11.4. The van der Waals surface area contributed by atoms with E-state index in [2.05, 4.69) is 5.32 Å². The van der Waals surface area contributed by atoms with Gasteiger partial charge in [-0.05, 0) is 24.8 Å². The number of unbranched alkanes of at least 4 members (excludes halogenated alkanes) is 1. The highest BCUT2D eigenvalue weighted by Crippen LogP contribution is 2.02. The van der Waals surface area contributed by atoms with Crippen molar-refractivity contribution in [1.29, 1.82) is 0 Å². The molecule has 6 heteroatoms. The van der Waals surface area contributed by atoms with Crippen molar-refractivity contribution in [2.75, 3.05) is 6.54 Å². The number of amides is 1. The Balaban J connectivity index is 2.03. The Morgan fingerprint density at radius 3 is 2.60 bits per heavy atom. The Kier molecular flexibility index (Phi) is 7.64. The Morgan fingerprint density at radius 1 is 1.25 bits per heavy atom. The molecule has 0 radical (unpaired) electrons. The molecular weight excluding hydrogens is 260 g/mol. The molecule has 0 spiro atoms. The average Bonchev–Trinajstić information content (AvgIpc) is 2.45. The molecule has 1 aromatic rings. The fourth-order valence-electron chi connectivity index (χ4n) is 1.62. The number of aliphatic hydroxyl groups is 2. The molecule has 6 nitrogen and oxygen atoms in total. The van der Waals surface area contributed by atoms with Crippen molar-refractivity contribution < 1.29 is 19.7 Å². The van der Waals surface area contributed by atoms with Gasteiger partial charge in [-0.3, -0.25) is 0 Å². The van der Waals surface area contributed by atoms with Crippen LogP contribution in [-0.2, 0) is 11.3 Å². The predicted octanol–water partition coefficient (Wildman–Crippen LogP) is 0.721. The van der Waals surface area contributed by atoms with Crippen molar-refractivity contribution in [2.24, 2.45) is 5.73 Å². The Bertz CT molecular complexity index is 384. The van der Waals surface area contributed by atoms with Crippen LogP contribution in [0.4, 0.5) is 4.79 Å². The zero-order chi connectivity index (χ0) is 14.8. The quantitative estimate of drug-likeness (QED) is 0.415. The third-order valence-corrected chi connectivity index (χ3v) is 2.83. The van der Waals surface area contributed by atoms with Gasteiger partial charge in [0.05, 0.1) is 6.04 Å². The van der Waals surface area contributed by atoms with E-state index < -0.39 is 18.4 Å². The van der Waals surface area contributed by atoms with E-state index in [4.69, 9.17) is 20.7 Å². The van der Waals surface area contributed by atoms with Crippen LogP contribution in [0.2, 0.25) is 0 Å². The number of nitrogens with one attached hydrogen (secondary N) is 1. The summed E-state index contributed by atoms with van der Waals surface area (Å²) in [6.45, 7) is 0.718. The summed E-state index contributed by atoms with van der Waals surface area (Å²) in [7, 11) is 0. The molecule has 0 heterocycles. The monoisotopic (exact) mass is 282 g/mol. The number of ether oxygens (including phenoxy) is 1. The van der Waals surface area contributed by atoms with E-state index in [9.17, 15) is 4.79 Å². The van der Waals surface area contributed by atoms with Crippen LogP contribution >= 0.6 is 0 Å². The second-order valence-electron chi connectivity index (χ2n) is 4.56. The number of hydrogen-bond donors (Lipinski definition) is 4. The van der Waals surface area contributed by atoms with Crippen molar-refractivity contribution in [3.63, 3.8) is 0 Å². The Morgan fingerprint density at radius 2 is 1.95 bits per heavy atom. The van der Waals surface area contributed by atoms with Crippen LogP contribution < -0.4 is 11.1 Å². The van der Waals surface area contributed by atoms with Crippen molar-refractivity contribution in [2.45, 2.75) is 38.2 Å². The minimum Gasteiger partial charge on any atom is -0.445 e. The van der Waals surface area contributed by atoms with Crippen molar-refractivity contribution >= 4 is 6.09 Å². The van der Waals surface area contributed by atoms with E-state index in [1.54, 1.807) is 0 Å². The smallest absolute Gasteiger partial charge is 0.407 e. The van der Waals surface area contributed by atoms with E-state index >= 15 is 0 Å². The fraction of sp³-hybridized carbons (Fsp3) is 0.500. The maximum absolute atomic E-state index is 11.4. The van der Waals surface area contributed by atoms with Crippen LogP contribution in [0.5, 0.6) is 0 Å². The summed E-state index contributed by atoms with van der Waals surface area (Å²) in [6.07, 6.45) is -0.0315. The molecule has 0 aromatic heterocycles. The molecule has 5 N–H and O–H groups in total. The van der Waals surface area contributed by atoms with Gasteiger partial charge >= 0.3 is 6.09 Å². The Hall–Kier alpha value is -1.63. The normalized spacial score (nSPS) is 12.2. The molecule has 112 valence electrons. The maximum atomic E-state index is 11.4. The number of nitrogens with two attached hydrogens (primary N) is 1. The number of carbonyl (C=O) groups excluding carboxylic acids is 1. The lowest BCUT2D eigenvalue weighted by Gasteiger charge is -2.13. The number of rotatable bonds is 8. The first kappa shape index (κ1) is 16.4. The van der Waals surface area contributed by atoms with Crippen molar-refractivity contribution in [3.8, 4) is 0 Å². The van der Waals surface area contributed by atoms with Gasteiger partial charge in [-0.25, -0.2) is 4.79 Å². The van der Waals surface area contributed by atoms with Crippen molar-refractivity contribution in [3.05, 3.63) is 35.9 Å². The topological polar surface area (TPSA) is 105 Å². The molecule has 1 aromatic carbocycles. The maximum Gasteiger partial charge on any atom is 0.407 e. The van der Waals surface area contributed by atoms with Gasteiger partial charge in [0, 0.05) is 6.54 Å². The molecule has 0 aliphatic rings. The highest BCUT2D eigenvalue weighted by Gasteiger charge is 2.10. The highest BCUT2D eigenvalue weighted by molar-refractivity contribution is 5.67. The second kappa shape index (κ2) is 9.30. The molecular formula is C14H22N2O4. The number of aliphatic hydroxyl groups excluding tert-OH is 1. The summed E-state index contributed by atoms with van der Waals surface area (Å²) >= 11 is 0. The molecule has 0 aliphatic carbocycles. The molecule has 0 bridgehead atoms. The molecule has 1 atom stereocenters. The molecule has 1 unspecified atom stereocenters. The second-order valence-corrected chi connectivity index (χ2v) is 4.56. The fourth-order valence-corrected chi connectivity index (χ4v) is 1.62. The van der Waals surface area contributed by atoms with E-state index in [0.717, 1.165) is 5.56 Å². The summed E-state index contributed by atoms with van der Waals surface area (Å²) in [6, 6.07) is 8.80. The first-order valence-corrected chi connectivity index (χ1v) is 6.66. The average molecular weight is 282 g/mol. The number of benzene rings is 1. The number of hydrogen-bond acceptors (Lipinski definition) is 5. The third kappa shape index (κ3) is 7.08. The summed E-state index contributed by atoms with van der Waals surface area (Å²) in [5, 5.41) is 20.2. The molecule has 1 rings (SSSR count). The minimum absolute atomic E-state index is 0.244. The van der Waals surface area contributed by atoms with Crippen LogP contribution in [0.3, 0.4) is 0 Å². The van der Waals surface area contributed by atoms with Gasteiger partial charge in [-0.2, -0.15) is 0 Å². The lowest BCUT2D eigenvalue weighted by Crippen LogP contribution is -2.34. The summed E-state index contributed by atoms with van der Waals surface area (Å²) in [4.78, 5) is 11.4. The largest absolute Gasteiger partial charge is 0.445 e. The van der Waals surface area contributed by atoms with E-state index in [1.807, 2.05) is 30.3 Å². The molecule has 0 saturated carbocycles. The summed E-state index contributed by atoms with van der Waals surface area (Å²) < 4.78 is 5.04. The van der Waals surface area contributed by atoms with Gasteiger partial charge in [0.25, 0.3) is 0 Å². The van der Waals surface area contributed by atoms with Gasteiger partial charge in [0.2, 0.25) is 0 Å². The van der Waals surface area contributed by atoms with Gasteiger partial charge in [0.1, 0.15) is 6.61 Å². The minimum atomic E-state index is -1.49. The number of alkyl carbamates (subject to hydrolysis) is 1.